The maximum Gasteiger partial charge on any atom is 0.261 e. The van der Waals surface area contributed by atoms with E-state index < -0.39 is 18.4 Å². The van der Waals surface area contributed by atoms with Crippen LogP contribution < -0.4 is 5.73 Å². The number of aliphatic hydroxyl groups is 1. The Hall–Kier alpha value is -3.11. The van der Waals surface area contributed by atoms with Crippen molar-refractivity contribution in [3.63, 3.8) is 0 Å². The number of aliphatic hydroxyl groups excluding tert-OH is 1. The molecule has 0 radical (unpaired) electrons. The van der Waals surface area contributed by atoms with Gasteiger partial charge in [0, 0.05) is 17.6 Å². The third-order valence-corrected chi connectivity index (χ3v) is 5.36. The Morgan fingerprint density at radius 3 is 2.93 bits per heavy atom. The van der Waals surface area contributed by atoms with Crippen molar-refractivity contribution in [2.75, 3.05) is 12.3 Å². The Balaban J connectivity index is 1.35. The molecule has 1 saturated heterocycles. The summed E-state index contributed by atoms with van der Waals surface area (Å²) in [5.74, 6) is -0.323. The van der Waals surface area contributed by atoms with E-state index in [1.54, 1.807) is 10.6 Å². The monoisotopic (exact) mass is 382 g/mol. The van der Waals surface area contributed by atoms with Crippen LogP contribution in [-0.2, 0) is 14.3 Å². The number of carbonyl (C=O) groups is 2. The number of nitrogens with zero attached hydrogens (tertiary/aromatic N) is 5. The Labute approximate surface area is 159 Å². The van der Waals surface area contributed by atoms with E-state index in [1.807, 2.05) is 6.08 Å². The maximum atomic E-state index is 12.6. The van der Waals surface area contributed by atoms with E-state index >= 15 is 0 Å². The van der Waals surface area contributed by atoms with E-state index in [0.29, 0.717) is 28.7 Å². The molecule has 3 unspecified atom stereocenters. The van der Waals surface area contributed by atoms with E-state index in [1.165, 1.54) is 17.6 Å². The van der Waals surface area contributed by atoms with Crippen LogP contribution in [0.25, 0.3) is 11.2 Å². The van der Waals surface area contributed by atoms with Gasteiger partial charge in [-0.15, -0.1) is 0 Å². The lowest BCUT2D eigenvalue weighted by molar-refractivity contribution is -0.140. The van der Waals surface area contributed by atoms with E-state index in [9.17, 15) is 14.7 Å². The van der Waals surface area contributed by atoms with Gasteiger partial charge in [-0.25, -0.2) is 15.0 Å². The van der Waals surface area contributed by atoms with Crippen LogP contribution in [0.3, 0.4) is 0 Å². The first-order valence-electron chi connectivity index (χ1n) is 9.07. The van der Waals surface area contributed by atoms with E-state index in [2.05, 4.69) is 15.0 Å². The van der Waals surface area contributed by atoms with Crippen molar-refractivity contribution in [1.82, 2.24) is 24.4 Å². The number of ether oxygens (including phenoxy) is 1. The zero-order valence-corrected chi connectivity index (χ0v) is 14.9. The summed E-state index contributed by atoms with van der Waals surface area (Å²) in [5.41, 5.74) is 7.72. The second-order valence-electron chi connectivity index (χ2n) is 7.09. The summed E-state index contributed by atoms with van der Waals surface area (Å²) in [6.45, 7) is 0.0931. The molecular weight excluding hydrogens is 364 g/mol. The van der Waals surface area contributed by atoms with Crippen molar-refractivity contribution in [3.8, 4) is 0 Å². The molecule has 10 heteroatoms. The van der Waals surface area contributed by atoms with Crippen LogP contribution in [-0.4, -0.2) is 60.1 Å². The minimum absolute atomic E-state index is 0.0931. The van der Waals surface area contributed by atoms with Crippen molar-refractivity contribution in [3.05, 3.63) is 36.0 Å². The molecule has 144 valence electrons. The zero-order chi connectivity index (χ0) is 19.4. The molecule has 4 heterocycles. The lowest BCUT2D eigenvalue weighted by Gasteiger charge is -2.20. The number of imidazole rings is 1. The highest BCUT2D eigenvalue weighted by molar-refractivity contribution is 6.20. The van der Waals surface area contributed by atoms with Crippen LogP contribution in [0.4, 0.5) is 5.82 Å². The van der Waals surface area contributed by atoms with Crippen LogP contribution >= 0.6 is 0 Å². The van der Waals surface area contributed by atoms with Crippen molar-refractivity contribution < 1.29 is 19.4 Å². The molecule has 2 aromatic rings. The zero-order valence-electron chi connectivity index (χ0n) is 14.9. The van der Waals surface area contributed by atoms with Crippen molar-refractivity contribution in [1.29, 1.82) is 0 Å². The number of nitrogen functional groups attached to an aromatic ring is 1. The van der Waals surface area contributed by atoms with Gasteiger partial charge in [-0.05, 0) is 12.8 Å². The summed E-state index contributed by atoms with van der Waals surface area (Å²) >= 11 is 0. The van der Waals surface area contributed by atoms with E-state index in [4.69, 9.17) is 10.5 Å². The summed E-state index contributed by atoms with van der Waals surface area (Å²) in [6, 6.07) is 0. The van der Waals surface area contributed by atoms with Crippen LogP contribution in [0.2, 0.25) is 0 Å². The average molecular weight is 382 g/mol. The number of amides is 2. The van der Waals surface area contributed by atoms with Gasteiger partial charge >= 0.3 is 0 Å². The molecule has 2 aliphatic heterocycles. The molecule has 0 saturated carbocycles. The highest BCUT2D eigenvalue weighted by atomic mass is 16.5. The first-order valence-corrected chi connectivity index (χ1v) is 9.07. The number of fused-ring (bicyclic) bond motifs is 1. The number of hydrogen-bond donors (Lipinski definition) is 2. The summed E-state index contributed by atoms with van der Waals surface area (Å²) in [6.07, 6.45) is 5.97. The third-order valence-electron chi connectivity index (χ3n) is 5.36. The fourth-order valence-corrected chi connectivity index (χ4v) is 4.01. The van der Waals surface area contributed by atoms with Crippen LogP contribution in [0, 0.1) is 0 Å². The van der Waals surface area contributed by atoms with Crippen molar-refractivity contribution in [2.45, 2.75) is 37.7 Å². The largest absolute Gasteiger partial charge is 0.388 e. The van der Waals surface area contributed by atoms with Crippen LogP contribution in [0.1, 0.15) is 25.5 Å². The van der Waals surface area contributed by atoms with Gasteiger partial charge in [0.2, 0.25) is 0 Å². The molecule has 2 aromatic heterocycles. The minimum Gasteiger partial charge on any atom is -0.388 e. The first kappa shape index (κ1) is 17.0. The number of imide groups is 1. The number of rotatable bonds is 3. The van der Waals surface area contributed by atoms with Crippen molar-refractivity contribution in [2.24, 2.45) is 0 Å². The lowest BCUT2D eigenvalue weighted by atomic mass is 10.00. The Bertz CT molecular complexity index is 1060. The lowest BCUT2D eigenvalue weighted by Crippen LogP contribution is -2.38. The summed E-state index contributed by atoms with van der Waals surface area (Å²) in [5, 5.41) is 10.5. The molecule has 1 aliphatic carbocycles. The molecule has 0 spiro atoms. The molecule has 28 heavy (non-hydrogen) atoms. The Kier molecular flexibility index (Phi) is 3.78. The standard InChI is InChI=1S/C18H18N6O4/c19-14-13-15(21-7-20-14)24(8-22-13)18-12(25)5-9(28-18)6-23-16(26)10-3-1-2-4-11(10)17(23)27/h1,3,7-9,12,18,25H,2,4-6H2,(H2,19,20,21). The fourth-order valence-electron chi connectivity index (χ4n) is 4.01. The molecule has 3 atom stereocenters. The van der Waals surface area contributed by atoms with Gasteiger partial charge in [-0.1, -0.05) is 12.2 Å². The van der Waals surface area contributed by atoms with Gasteiger partial charge in [0.15, 0.2) is 17.7 Å². The smallest absolute Gasteiger partial charge is 0.261 e. The average Bonchev–Trinajstić information content (AvgIpc) is 3.34. The van der Waals surface area contributed by atoms with Gasteiger partial charge in [-0.2, -0.15) is 0 Å². The van der Waals surface area contributed by atoms with Gasteiger partial charge in [0.25, 0.3) is 11.8 Å². The number of aromatic nitrogens is 4. The molecule has 3 aliphatic rings. The van der Waals surface area contributed by atoms with Gasteiger partial charge in [0.05, 0.1) is 19.0 Å². The molecule has 0 aromatic carbocycles. The molecule has 5 rings (SSSR count). The van der Waals surface area contributed by atoms with E-state index in [0.717, 1.165) is 6.42 Å². The molecule has 1 fully saturated rings. The van der Waals surface area contributed by atoms with Crippen molar-refractivity contribution >= 4 is 28.8 Å². The summed E-state index contributed by atoms with van der Waals surface area (Å²) < 4.78 is 7.56. The second-order valence-corrected chi connectivity index (χ2v) is 7.09. The highest BCUT2D eigenvalue weighted by Gasteiger charge is 2.42. The predicted molar refractivity (Wildman–Crippen MR) is 96.4 cm³/mol. The normalized spacial score (nSPS) is 27.3. The van der Waals surface area contributed by atoms with Crippen LogP contribution in [0.15, 0.2) is 36.0 Å². The van der Waals surface area contributed by atoms with Gasteiger partial charge in [-0.3, -0.25) is 19.1 Å². The fraction of sp³-hybridized carbons (Fsp3) is 0.389. The first-order chi connectivity index (χ1) is 13.5. The minimum atomic E-state index is -0.839. The molecule has 0 bridgehead atoms. The second kappa shape index (κ2) is 6.21. The number of hydrogen-bond acceptors (Lipinski definition) is 8. The molecular formula is C18H18N6O4. The topological polar surface area (TPSA) is 136 Å². The Morgan fingerprint density at radius 1 is 1.25 bits per heavy atom. The SMILES string of the molecule is Nc1ncnc2c1ncn2C1OC(CN2C(=O)C3=C(CCC=C3)C2=O)CC1O. The van der Waals surface area contributed by atoms with Crippen LogP contribution in [0.5, 0.6) is 0 Å². The quantitative estimate of drug-likeness (QED) is 0.712. The van der Waals surface area contributed by atoms with E-state index in [-0.39, 0.29) is 30.6 Å². The highest BCUT2D eigenvalue weighted by Crippen LogP contribution is 2.34. The number of nitrogens with two attached hydrogens (primary N) is 1. The van der Waals surface area contributed by atoms with Gasteiger partial charge in [0.1, 0.15) is 17.9 Å². The predicted octanol–water partition coefficient (Wildman–Crippen LogP) is 0.0723. The van der Waals surface area contributed by atoms with Gasteiger partial charge < -0.3 is 15.6 Å². The third kappa shape index (κ3) is 2.45. The summed E-state index contributed by atoms with van der Waals surface area (Å²) in [7, 11) is 0. The molecule has 2 amide bonds. The molecule has 3 N–H and O–H groups in total. The maximum absolute atomic E-state index is 12.6. The number of carbonyl (C=O) groups excluding carboxylic acids is 2. The summed E-state index contributed by atoms with van der Waals surface area (Å²) in [4.78, 5) is 38.6. The number of anilines is 1. The molecule has 10 nitrogen and oxygen atoms in total. The number of allylic oxidation sites excluding steroid dienone is 1. The Morgan fingerprint density at radius 2 is 2.11 bits per heavy atom.